The first kappa shape index (κ1) is 18.0. The number of fused-ring (bicyclic) bond motifs is 1. The Balaban J connectivity index is 1.60. The lowest BCUT2D eigenvalue weighted by molar-refractivity contribution is -0.145. The van der Waals surface area contributed by atoms with Crippen LogP contribution in [-0.2, 0) is 9.53 Å². The summed E-state index contributed by atoms with van der Waals surface area (Å²) in [5.74, 6) is 1.03. The summed E-state index contributed by atoms with van der Waals surface area (Å²) in [5, 5.41) is 17.4. The smallest absolute Gasteiger partial charge is 0.308 e. The first-order chi connectivity index (χ1) is 13.0. The van der Waals surface area contributed by atoms with Gasteiger partial charge in [0.2, 0.25) is 0 Å². The highest BCUT2D eigenvalue weighted by atomic mass is 35.5. The van der Waals surface area contributed by atoms with Crippen LogP contribution in [0.2, 0.25) is 10.0 Å². The van der Waals surface area contributed by atoms with Gasteiger partial charge in [-0.05, 0) is 49.6 Å². The van der Waals surface area contributed by atoms with Crippen LogP contribution in [0.4, 0.5) is 5.82 Å². The number of halogens is 2. The molecular weight excluding hydrogens is 389 g/mol. The Morgan fingerprint density at radius 1 is 1.19 bits per heavy atom. The van der Waals surface area contributed by atoms with E-state index < -0.39 is 0 Å². The first-order valence-electron chi connectivity index (χ1n) is 8.57. The number of ether oxygens (including phenoxy) is 1. The fourth-order valence-electron chi connectivity index (χ4n) is 3.43. The molecule has 0 aliphatic heterocycles. The van der Waals surface area contributed by atoms with Crippen LogP contribution in [-0.4, -0.2) is 38.9 Å². The molecule has 1 aromatic carbocycles. The molecule has 3 aromatic rings. The number of aromatic nitrogens is 4. The maximum atomic E-state index is 11.7. The van der Waals surface area contributed by atoms with Gasteiger partial charge < -0.3 is 10.1 Å². The minimum atomic E-state index is -0.151. The molecule has 4 rings (SSSR count). The van der Waals surface area contributed by atoms with Crippen LogP contribution >= 0.6 is 23.2 Å². The number of methoxy groups -OCH3 is 1. The van der Waals surface area contributed by atoms with Gasteiger partial charge in [-0.25, -0.2) is 0 Å². The molecule has 9 heteroatoms. The minimum absolute atomic E-state index is 0.0599. The number of carbonyl (C=O) groups excluding carboxylic acids is 1. The third kappa shape index (κ3) is 3.70. The van der Waals surface area contributed by atoms with Gasteiger partial charge in [-0.15, -0.1) is 15.3 Å². The van der Waals surface area contributed by atoms with Crippen LogP contribution in [0.15, 0.2) is 30.3 Å². The molecule has 2 atom stereocenters. The van der Waals surface area contributed by atoms with Crippen LogP contribution in [0.25, 0.3) is 17.0 Å². The molecule has 7 nitrogen and oxygen atoms in total. The van der Waals surface area contributed by atoms with Gasteiger partial charge in [0, 0.05) is 21.7 Å². The summed E-state index contributed by atoms with van der Waals surface area (Å²) in [7, 11) is 1.42. The van der Waals surface area contributed by atoms with Gasteiger partial charge in [-0.2, -0.15) is 4.52 Å². The van der Waals surface area contributed by atoms with Gasteiger partial charge in [0.25, 0.3) is 0 Å². The molecule has 0 amide bonds. The average molecular weight is 406 g/mol. The van der Waals surface area contributed by atoms with Crippen molar-refractivity contribution in [2.45, 2.75) is 25.3 Å². The minimum Gasteiger partial charge on any atom is -0.469 e. The summed E-state index contributed by atoms with van der Waals surface area (Å²) < 4.78 is 6.49. The Morgan fingerprint density at radius 3 is 2.70 bits per heavy atom. The van der Waals surface area contributed by atoms with E-state index in [1.807, 2.05) is 12.1 Å². The number of hydrogen-bond donors (Lipinski definition) is 1. The van der Waals surface area contributed by atoms with Gasteiger partial charge in [0.05, 0.1) is 13.0 Å². The highest BCUT2D eigenvalue weighted by Crippen LogP contribution is 2.29. The number of nitrogens with zero attached hydrogens (tertiary/aromatic N) is 4. The Morgan fingerprint density at radius 2 is 1.96 bits per heavy atom. The van der Waals surface area contributed by atoms with Crippen molar-refractivity contribution in [1.82, 2.24) is 19.8 Å². The second-order valence-corrected chi connectivity index (χ2v) is 7.42. The van der Waals surface area contributed by atoms with Crippen molar-refractivity contribution in [1.29, 1.82) is 0 Å². The molecule has 0 bridgehead atoms. The van der Waals surface area contributed by atoms with Gasteiger partial charge in [0.1, 0.15) is 5.82 Å². The molecule has 0 unspecified atom stereocenters. The van der Waals surface area contributed by atoms with E-state index in [-0.39, 0.29) is 17.9 Å². The van der Waals surface area contributed by atoms with Crippen molar-refractivity contribution >= 4 is 40.6 Å². The second kappa shape index (κ2) is 7.32. The molecule has 27 heavy (non-hydrogen) atoms. The lowest BCUT2D eigenvalue weighted by Gasteiger charge is -2.13. The highest BCUT2D eigenvalue weighted by Gasteiger charge is 2.30. The van der Waals surface area contributed by atoms with E-state index >= 15 is 0 Å². The molecule has 0 spiro atoms. The second-order valence-electron chi connectivity index (χ2n) is 6.54. The fourth-order valence-corrected chi connectivity index (χ4v) is 3.96. The van der Waals surface area contributed by atoms with Crippen LogP contribution in [0.3, 0.4) is 0 Å². The van der Waals surface area contributed by atoms with E-state index in [0.29, 0.717) is 27.3 Å². The molecule has 140 valence electrons. The highest BCUT2D eigenvalue weighted by molar-refractivity contribution is 6.35. The molecule has 2 aromatic heterocycles. The largest absolute Gasteiger partial charge is 0.469 e. The summed E-state index contributed by atoms with van der Waals surface area (Å²) in [5.41, 5.74) is 1.35. The van der Waals surface area contributed by atoms with E-state index in [1.165, 1.54) is 7.11 Å². The van der Waals surface area contributed by atoms with E-state index in [1.54, 1.807) is 22.7 Å². The summed E-state index contributed by atoms with van der Waals surface area (Å²) >= 11 is 12.2. The molecule has 2 heterocycles. The summed E-state index contributed by atoms with van der Waals surface area (Å²) in [4.78, 5) is 11.7. The number of esters is 1. The molecule has 1 N–H and O–H groups in total. The van der Waals surface area contributed by atoms with Crippen molar-refractivity contribution in [2.75, 3.05) is 12.4 Å². The van der Waals surface area contributed by atoms with E-state index in [4.69, 9.17) is 27.9 Å². The zero-order chi connectivity index (χ0) is 19.0. The zero-order valence-corrected chi connectivity index (χ0v) is 16.0. The van der Waals surface area contributed by atoms with Crippen molar-refractivity contribution in [2.24, 2.45) is 5.92 Å². The molecule has 1 aliphatic rings. The van der Waals surface area contributed by atoms with Crippen molar-refractivity contribution in [3.63, 3.8) is 0 Å². The van der Waals surface area contributed by atoms with E-state index in [9.17, 15) is 4.79 Å². The molecule has 1 saturated carbocycles. The maximum absolute atomic E-state index is 11.7. The maximum Gasteiger partial charge on any atom is 0.308 e. The van der Waals surface area contributed by atoms with Gasteiger partial charge >= 0.3 is 5.97 Å². The third-order valence-corrected chi connectivity index (χ3v) is 5.14. The lowest BCUT2D eigenvalue weighted by atomic mass is 10.1. The van der Waals surface area contributed by atoms with Crippen LogP contribution < -0.4 is 5.32 Å². The fraction of sp³-hybridized carbons (Fsp3) is 0.333. The third-order valence-electron chi connectivity index (χ3n) is 4.70. The lowest BCUT2D eigenvalue weighted by Crippen LogP contribution is -2.19. The molecule has 1 aliphatic carbocycles. The molecule has 0 radical (unpaired) electrons. The number of carbonyl (C=O) groups is 1. The summed E-state index contributed by atoms with van der Waals surface area (Å²) in [6.07, 6.45) is 2.43. The predicted octanol–water partition coefficient (Wildman–Crippen LogP) is 3.85. The quantitative estimate of drug-likeness (QED) is 0.663. The number of rotatable bonds is 4. The summed E-state index contributed by atoms with van der Waals surface area (Å²) in [6, 6.07) is 9.05. The normalized spacial score (nSPS) is 19.4. The Hall–Kier alpha value is -2.38. The average Bonchev–Trinajstić information content (AvgIpc) is 3.27. The number of benzene rings is 1. The summed E-state index contributed by atoms with van der Waals surface area (Å²) in [6.45, 7) is 0. The van der Waals surface area contributed by atoms with Gasteiger partial charge in [-0.3, -0.25) is 4.79 Å². The van der Waals surface area contributed by atoms with Crippen molar-refractivity contribution < 1.29 is 9.53 Å². The topological polar surface area (TPSA) is 81.4 Å². The SMILES string of the molecule is COC(=O)[C@H]1CC[C@@H](Nc2ccc3nnc(-c4cc(Cl)cc(Cl)c4)n3n2)C1. The standard InChI is InChI=1S/C18H17Cl2N5O2/c1-27-18(26)10-2-3-14(8-10)21-15-4-5-16-22-23-17(25(16)24-15)11-6-12(19)9-13(20)7-11/h4-7,9-10,14H,2-3,8H2,1H3,(H,21,24)/t10-,14+/m0/s1. The molecule has 1 fully saturated rings. The monoisotopic (exact) mass is 405 g/mol. The van der Waals surface area contributed by atoms with Gasteiger partial charge in [0.15, 0.2) is 11.5 Å². The van der Waals surface area contributed by atoms with E-state index in [0.717, 1.165) is 24.8 Å². The van der Waals surface area contributed by atoms with Crippen LogP contribution in [0, 0.1) is 5.92 Å². The zero-order valence-electron chi connectivity index (χ0n) is 14.5. The predicted molar refractivity (Wildman–Crippen MR) is 103 cm³/mol. The Labute approximate surface area is 165 Å². The molecule has 0 saturated heterocycles. The number of nitrogens with one attached hydrogen (secondary N) is 1. The first-order valence-corrected chi connectivity index (χ1v) is 9.32. The van der Waals surface area contributed by atoms with Crippen molar-refractivity contribution in [3.05, 3.63) is 40.4 Å². The molecular formula is C18H17Cl2N5O2. The van der Waals surface area contributed by atoms with Gasteiger partial charge in [-0.1, -0.05) is 23.2 Å². The van der Waals surface area contributed by atoms with E-state index in [2.05, 4.69) is 20.6 Å². The number of anilines is 1. The van der Waals surface area contributed by atoms with Crippen molar-refractivity contribution in [3.8, 4) is 11.4 Å². The van der Waals surface area contributed by atoms with Crippen LogP contribution in [0.5, 0.6) is 0 Å². The van der Waals surface area contributed by atoms with Crippen LogP contribution in [0.1, 0.15) is 19.3 Å². The number of hydrogen-bond acceptors (Lipinski definition) is 6. The Bertz CT molecular complexity index is 986. The Kier molecular flexibility index (Phi) is 4.88.